The van der Waals surface area contributed by atoms with E-state index in [0.29, 0.717) is 38.7 Å². The molecule has 6 aromatic carbocycles. The monoisotopic (exact) mass is 878 g/mol. The van der Waals surface area contributed by atoms with Gasteiger partial charge in [0.25, 0.3) is 0 Å². The van der Waals surface area contributed by atoms with Gasteiger partial charge in [-0.2, -0.15) is 36.5 Å². The van der Waals surface area contributed by atoms with Gasteiger partial charge in [-0.05, 0) is 119 Å². The topological polar surface area (TPSA) is 89.1 Å². The molecule has 11 rings (SSSR count). The molecule has 5 heterocycles. The number of halogens is 8. The van der Waals surface area contributed by atoms with Gasteiger partial charge in [-0.1, -0.05) is 48.5 Å². The predicted molar refractivity (Wildman–Crippen MR) is 226 cm³/mol. The van der Waals surface area contributed by atoms with Gasteiger partial charge in [-0.25, -0.2) is 18.1 Å². The summed E-state index contributed by atoms with van der Waals surface area (Å²) in [4.78, 5) is 3.12. The number of nitrogens with one attached hydrogen (secondary N) is 1. The Kier molecular flexibility index (Phi) is 10.6. The highest BCUT2D eigenvalue weighted by atomic mass is 19.4. The molecular weight excluding hydrogens is 845 g/mol. The minimum absolute atomic E-state index is 0.0659. The molecule has 1 fully saturated rings. The number of H-pyrrole nitrogens is 1. The Hall–Kier alpha value is -7.30. The van der Waals surface area contributed by atoms with Crippen LogP contribution in [0.5, 0.6) is 0 Å². The molecule has 2 unspecified atom stereocenters. The largest absolute Gasteiger partial charge is 0.424 e. The number of aliphatic hydroxyl groups is 1. The van der Waals surface area contributed by atoms with Crippen molar-refractivity contribution in [2.45, 2.75) is 30.1 Å². The number of nitrogens with zero attached hydrogens (tertiary/aromatic N) is 5. The highest BCUT2D eigenvalue weighted by Crippen LogP contribution is 2.52. The van der Waals surface area contributed by atoms with Crippen LogP contribution < -0.4 is 0 Å². The number of para-hydroxylation sites is 2. The SMILES string of the molecule is Fc1ccc(-n2ncc3cc(C4(C(F)(F)F)CO4)ccc32)cc1.OC(Cn1ccc2ccccc21)(c1ccc2c(cnn2-c2ccc(F)cc2)c1)C(F)(F)F.c1ccc2[nH]ccc2c1. The van der Waals surface area contributed by atoms with Gasteiger partial charge in [0, 0.05) is 34.2 Å². The molecule has 2 N–H and O–H groups in total. The Labute approximate surface area is 358 Å². The Bertz CT molecular complexity index is 3210. The second kappa shape index (κ2) is 16.1. The highest BCUT2D eigenvalue weighted by Gasteiger charge is 2.67. The van der Waals surface area contributed by atoms with Crippen molar-refractivity contribution in [3.63, 3.8) is 0 Å². The molecule has 4 aromatic heterocycles. The van der Waals surface area contributed by atoms with E-state index in [0.717, 1.165) is 5.39 Å². The van der Waals surface area contributed by atoms with Crippen molar-refractivity contribution in [2.75, 3.05) is 6.61 Å². The number of aromatic amines is 1. The lowest BCUT2D eigenvalue weighted by atomic mass is 9.91. The van der Waals surface area contributed by atoms with Gasteiger partial charge in [-0.15, -0.1) is 0 Å². The van der Waals surface area contributed by atoms with Gasteiger partial charge in [-0.3, -0.25) is 0 Å². The third kappa shape index (κ3) is 7.86. The molecule has 1 aliphatic rings. The molecule has 0 amide bonds. The maximum absolute atomic E-state index is 14.2. The average Bonchev–Trinajstić information content (AvgIpc) is 3.60. The van der Waals surface area contributed by atoms with Crippen LogP contribution >= 0.6 is 0 Å². The summed E-state index contributed by atoms with van der Waals surface area (Å²) in [6.07, 6.45) is -2.98. The molecule has 1 aliphatic heterocycles. The van der Waals surface area contributed by atoms with Crippen LogP contribution in [0.3, 0.4) is 0 Å². The minimum atomic E-state index is -4.92. The third-order valence-electron chi connectivity index (χ3n) is 11.1. The third-order valence-corrected chi connectivity index (χ3v) is 11.1. The van der Waals surface area contributed by atoms with Crippen LogP contribution in [0.2, 0.25) is 0 Å². The van der Waals surface area contributed by atoms with Crippen molar-refractivity contribution < 1.29 is 45.0 Å². The molecule has 0 radical (unpaired) electrons. The van der Waals surface area contributed by atoms with Gasteiger partial charge < -0.3 is 19.4 Å². The molecule has 0 aliphatic carbocycles. The van der Waals surface area contributed by atoms with Crippen LogP contribution in [0, 0.1) is 11.6 Å². The van der Waals surface area contributed by atoms with E-state index in [1.54, 1.807) is 53.2 Å². The zero-order chi connectivity index (χ0) is 44.9. The van der Waals surface area contributed by atoms with E-state index < -0.39 is 35.9 Å². The molecule has 10 aromatic rings. The van der Waals surface area contributed by atoms with Gasteiger partial charge in [0.15, 0.2) is 0 Å². The van der Waals surface area contributed by atoms with Crippen molar-refractivity contribution in [1.29, 1.82) is 0 Å². The summed E-state index contributed by atoms with van der Waals surface area (Å²) in [6.45, 7) is -1.06. The second-order valence-corrected chi connectivity index (χ2v) is 15.2. The first-order valence-corrected chi connectivity index (χ1v) is 19.7. The second-order valence-electron chi connectivity index (χ2n) is 15.2. The zero-order valence-corrected chi connectivity index (χ0v) is 33.2. The molecule has 324 valence electrons. The standard InChI is InChI=1S/C24H17F4N3O.C16H10F4N2O.C8H7N/c25-19-6-8-20(9-7-19)31-22-10-5-18(13-17(22)14-29-31)23(32,24(26,27)28)15-30-12-11-16-3-1-2-4-21(16)30;17-12-2-4-13(5-3-12)22-14-6-1-11(7-10(14)8-21-22)15(9-23-15)16(18,19)20;1-2-4-8-7(3-1)5-6-9-8/h1-14,32H,15H2;1-8H,9H2;1-6,9H. The number of rotatable bonds is 6. The Morgan fingerprint density at radius 3 is 1.75 bits per heavy atom. The van der Waals surface area contributed by atoms with Crippen LogP contribution in [0.4, 0.5) is 35.1 Å². The summed E-state index contributed by atoms with van der Waals surface area (Å²) in [6, 6.07) is 38.8. The smallest absolute Gasteiger partial charge is 0.375 e. The fraction of sp³-hybridized carbons (Fsp3) is 0.125. The molecule has 0 saturated carbocycles. The van der Waals surface area contributed by atoms with E-state index in [4.69, 9.17) is 4.74 Å². The van der Waals surface area contributed by atoms with Gasteiger partial charge >= 0.3 is 12.4 Å². The molecule has 0 spiro atoms. The van der Waals surface area contributed by atoms with E-state index in [2.05, 4.69) is 33.4 Å². The van der Waals surface area contributed by atoms with Crippen molar-refractivity contribution >= 4 is 43.6 Å². The highest BCUT2D eigenvalue weighted by molar-refractivity contribution is 5.83. The van der Waals surface area contributed by atoms with Gasteiger partial charge in [0.2, 0.25) is 11.2 Å². The maximum Gasteiger partial charge on any atom is 0.424 e. The Morgan fingerprint density at radius 1 is 0.609 bits per heavy atom. The number of fused-ring (bicyclic) bond motifs is 4. The normalized spacial score (nSPS) is 16.0. The first kappa shape index (κ1) is 42.0. The van der Waals surface area contributed by atoms with Crippen LogP contribution in [0.15, 0.2) is 170 Å². The molecule has 0 bridgehead atoms. The predicted octanol–water partition coefficient (Wildman–Crippen LogP) is 11.7. The molecule has 2 atom stereocenters. The Morgan fingerprint density at radius 2 is 1.17 bits per heavy atom. The molecular formula is C48H34F8N6O2. The van der Waals surface area contributed by atoms with Crippen molar-refractivity contribution in [2.24, 2.45) is 0 Å². The summed E-state index contributed by atoms with van der Waals surface area (Å²) >= 11 is 0. The maximum atomic E-state index is 14.2. The molecule has 1 saturated heterocycles. The summed E-state index contributed by atoms with van der Waals surface area (Å²) in [5, 5.41) is 22.4. The first-order chi connectivity index (χ1) is 30.6. The number of alkyl halides is 6. The van der Waals surface area contributed by atoms with E-state index in [1.807, 2.05) is 18.3 Å². The van der Waals surface area contributed by atoms with E-state index >= 15 is 0 Å². The average molecular weight is 879 g/mol. The lowest BCUT2D eigenvalue weighted by Crippen LogP contribution is -2.45. The minimum Gasteiger partial charge on any atom is -0.375 e. The Balaban J connectivity index is 0.000000140. The number of hydrogen-bond donors (Lipinski definition) is 2. The fourth-order valence-corrected chi connectivity index (χ4v) is 7.58. The zero-order valence-electron chi connectivity index (χ0n) is 33.2. The van der Waals surface area contributed by atoms with Gasteiger partial charge in [0.1, 0.15) is 11.6 Å². The molecule has 16 heteroatoms. The molecule has 64 heavy (non-hydrogen) atoms. The van der Waals surface area contributed by atoms with Crippen molar-refractivity contribution in [3.8, 4) is 11.4 Å². The summed E-state index contributed by atoms with van der Waals surface area (Å²) < 4.78 is 117. The van der Waals surface area contributed by atoms with Crippen LogP contribution in [-0.4, -0.2) is 53.2 Å². The molecule has 8 nitrogen and oxygen atoms in total. The summed E-state index contributed by atoms with van der Waals surface area (Å²) in [5.41, 5.74) is -1.35. The van der Waals surface area contributed by atoms with Crippen LogP contribution in [0.25, 0.3) is 55.0 Å². The van der Waals surface area contributed by atoms with Crippen LogP contribution in [-0.2, 0) is 22.5 Å². The number of aromatic nitrogens is 6. The van der Waals surface area contributed by atoms with Crippen molar-refractivity contribution in [1.82, 2.24) is 29.1 Å². The quantitative estimate of drug-likeness (QED) is 0.129. The number of ether oxygens (including phenoxy) is 1. The van der Waals surface area contributed by atoms with E-state index in [9.17, 15) is 40.2 Å². The van der Waals surface area contributed by atoms with E-state index in [-0.39, 0.29) is 23.6 Å². The fourth-order valence-electron chi connectivity index (χ4n) is 7.58. The number of benzene rings is 6. The summed E-state index contributed by atoms with van der Waals surface area (Å²) in [7, 11) is 0. The lowest BCUT2D eigenvalue weighted by molar-refractivity contribution is -0.271. The lowest BCUT2D eigenvalue weighted by Gasteiger charge is -2.31. The number of epoxide rings is 1. The van der Waals surface area contributed by atoms with Crippen molar-refractivity contribution in [3.05, 3.63) is 193 Å². The summed E-state index contributed by atoms with van der Waals surface area (Å²) in [5.74, 6) is -0.772. The first-order valence-electron chi connectivity index (χ1n) is 19.7. The van der Waals surface area contributed by atoms with E-state index in [1.165, 1.54) is 105 Å². The van der Waals surface area contributed by atoms with Gasteiger partial charge in [0.05, 0.1) is 48.0 Å². The number of hydrogen-bond acceptors (Lipinski definition) is 4. The van der Waals surface area contributed by atoms with Crippen LogP contribution in [0.1, 0.15) is 11.1 Å².